The maximum Gasteiger partial charge on any atom is 0.319 e. The van der Waals surface area contributed by atoms with Crippen molar-refractivity contribution in [1.82, 2.24) is 4.90 Å². The maximum absolute atomic E-state index is 13.2. The minimum Gasteiger partial charge on any atom is -0.497 e. The molecule has 2 amide bonds. The second-order valence-corrected chi connectivity index (χ2v) is 10.00. The van der Waals surface area contributed by atoms with Crippen molar-refractivity contribution >= 4 is 11.7 Å². The van der Waals surface area contributed by atoms with Gasteiger partial charge in [-0.3, -0.25) is 4.90 Å². The van der Waals surface area contributed by atoms with Crippen LogP contribution in [0.4, 0.5) is 14.9 Å². The van der Waals surface area contributed by atoms with Crippen LogP contribution >= 0.6 is 0 Å². The number of nitrogens with two attached hydrogens (primary N) is 1. The fraction of sp³-hybridized carbons (Fsp3) is 0.519. The molecule has 1 heterocycles. The van der Waals surface area contributed by atoms with Gasteiger partial charge in [-0.25, -0.2) is 9.18 Å². The highest BCUT2D eigenvalue weighted by molar-refractivity contribution is 5.91. The molecule has 6 nitrogen and oxygen atoms in total. The fourth-order valence-corrected chi connectivity index (χ4v) is 5.03. The molecule has 1 aliphatic rings. The van der Waals surface area contributed by atoms with Crippen LogP contribution in [-0.4, -0.2) is 54.9 Å². The Morgan fingerprint density at radius 3 is 2.50 bits per heavy atom. The molecule has 0 spiro atoms. The summed E-state index contributed by atoms with van der Waals surface area (Å²) in [5, 5.41) is 11.7. The van der Waals surface area contributed by atoms with Gasteiger partial charge in [0.1, 0.15) is 11.6 Å². The van der Waals surface area contributed by atoms with Gasteiger partial charge in [-0.1, -0.05) is 32.0 Å². The highest BCUT2D eigenvalue weighted by Gasteiger charge is 2.35. The molecule has 1 atom stereocenters. The number of nitrogens with zero attached hydrogens (tertiary/aromatic N) is 2. The number of benzene rings is 2. The molecule has 7 heteroatoms. The predicted molar refractivity (Wildman–Crippen MR) is 134 cm³/mol. The lowest BCUT2D eigenvalue weighted by Gasteiger charge is -2.41. The second-order valence-electron chi connectivity index (χ2n) is 10.00. The van der Waals surface area contributed by atoms with Gasteiger partial charge < -0.3 is 20.5 Å². The van der Waals surface area contributed by atoms with E-state index in [0.717, 1.165) is 37.9 Å². The van der Waals surface area contributed by atoms with E-state index in [4.69, 9.17) is 10.5 Å². The number of carbonyl (C=O) groups is 1. The van der Waals surface area contributed by atoms with E-state index in [0.29, 0.717) is 30.3 Å². The standard InChI is InChI=1S/C27H38FN3O3/c1-20(2)17-27(33,19-31(26(29)32)24-5-4-6-25(16-24)34-3)18-30-13-11-22(12-14-30)15-21-7-9-23(28)10-8-21/h4-10,16,20,22,33H,11-15,17-19H2,1-3H3,(H2,29,32)/t27-/m0/s1. The zero-order valence-electron chi connectivity index (χ0n) is 20.5. The van der Waals surface area contributed by atoms with Crippen LogP contribution in [0, 0.1) is 17.7 Å². The molecule has 1 aliphatic heterocycles. The molecular formula is C27H38FN3O3. The van der Waals surface area contributed by atoms with Crippen LogP contribution in [0.5, 0.6) is 5.75 Å². The van der Waals surface area contributed by atoms with Crippen LogP contribution in [0.1, 0.15) is 38.7 Å². The molecule has 2 aromatic carbocycles. The summed E-state index contributed by atoms with van der Waals surface area (Å²) in [7, 11) is 1.57. The van der Waals surface area contributed by atoms with E-state index < -0.39 is 11.6 Å². The van der Waals surface area contributed by atoms with Crippen molar-refractivity contribution in [3.8, 4) is 5.75 Å². The van der Waals surface area contributed by atoms with Crippen LogP contribution in [0.2, 0.25) is 0 Å². The quantitative estimate of drug-likeness (QED) is 0.537. The van der Waals surface area contributed by atoms with Crippen LogP contribution in [-0.2, 0) is 6.42 Å². The maximum atomic E-state index is 13.2. The average Bonchev–Trinajstić information content (AvgIpc) is 2.79. The van der Waals surface area contributed by atoms with E-state index in [1.165, 1.54) is 17.0 Å². The highest BCUT2D eigenvalue weighted by Crippen LogP contribution is 2.28. The summed E-state index contributed by atoms with van der Waals surface area (Å²) in [4.78, 5) is 16.1. The third-order valence-corrected chi connectivity index (χ3v) is 6.53. The Labute approximate surface area is 202 Å². The number of carbonyl (C=O) groups excluding carboxylic acids is 1. The Hall–Kier alpha value is -2.64. The van der Waals surface area contributed by atoms with E-state index in [1.807, 2.05) is 12.1 Å². The highest BCUT2D eigenvalue weighted by atomic mass is 19.1. The van der Waals surface area contributed by atoms with Crippen molar-refractivity contribution in [3.63, 3.8) is 0 Å². The van der Waals surface area contributed by atoms with Gasteiger partial charge in [0.2, 0.25) is 0 Å². The number of likely N-dealkylation sites (tertiary alicyclic amines) is 1. The van der Waals surface area contributed by atoms with Gasteiger partial charge in [-0.2, -0.15) is 0 Å². The number of primary amides is 1. The van der Waals surface area contributed by atoms with Crippen molar-refractivity contribution in [2.24, 2.45) is 17.6 Å². The first kappa shape index (κ1) is 26.0. The number of amides is 2. The largest absolute Gasteiger partial charge is 0.497 e. The van der Waals surface area contributed by atoms with Gasteiger partial charge in [0.15, 0.2) is 0 Å². The number of anilines is 1. The zero-order valence-corrected chi connectivity index (χ0v) is 20.5. The summed E-state index contributed by atoms with van der Waals surface area (Å²) in [6, 6.07) is 13.3. The number of rotatable bonds is 10. The molecule has 0 saturated carbocycles. The lowest BCUT2D eigenvalue weighted by molar-refractivity contribution is -0.0138. The molecule has 0 aliphatic carbocycles. The molecule has 1 fully saturated rings. The number of hydrogen-bond acceptors (Lipinski definition) is 4. The summed E-state index contributed by atoms with van der Waals surface area (Å²) < 4.78 is 18.5. The number of piperidine rings is 1. The number of ether oxygens (including phenoxy) is 1. The molecule has 186 valence electrons. The van der Waals surface area contributed by atoms with Crippen molar-refractivity contribution in [1.29, 1.82) is 0 Å². The topological polar surface area (TPSA) is 79.0 Å². The molecule has 1 saturated heterocycles. The number of hydrogen-bond donors (Lipinski definition) is 2. The predicted octanol–water partition coefficient (Wildman–Crippen LogP) is 4.45. The molecule has 0 radical (unpaired) electrons. The number of urea groups is 1. The molecular weight excluding hydrogens is 433 g/mol. The zero-order chi connectivity index (χ0) is 24.7. The molecule has 34 heavy (non-hydrogen) atoms. The third-order valence-electron chi connectivity index (χ3n) is 6.53. The van der Waals surface area contributed by atoms with Crippen LogP contribution in [0.15, 0.2) is 48.5 Å². The first-order chi connectivity index (χ1) is 16.2. The molecule has 0 aromatic heterocycles. The van der Waals surface area contributed by atoms with Crippen molar-refractivity contribution in [2.45, 2.75) is 45.1 Å². The smallest absolute Gasteiger partial charge is 0.319 e. The summed E-state index contributed by atoms with van der Waals surface area (Å²) in [5.41, 5.74) is 6.39. The van der Waals surface area contributed by atoms with Crippen molar-refractivity contribution < 1.29 is 19.0 Å². The van der Waals surface area contributed by atoms with Crippen LogP contribution < -0.4 is 15.4 Å². The first-order valence-electron chi connectivity index (χ1n) is 12.1. The number of aliphatic hydroxyl groups is 1. The Balaban J connectivity index is 1.65. The van der Waals surface area contributed by atoms with Gasteiger partial charge >= 0.3 is 6.03 Å². The minimum atomic E-state index is -1.10. The van der Waals surface area contributed by atoms with Crippen LogP contribution in [0.3, 0.4) is 0 Å². The van der Waals surface area contributed by atoms with E-state index >= 15 is 0 Å². The Morgan fingerprint density at radius 2 is 1.91 bits per heavy atom. The second kappa shape index (κ2) is 11.7. The molecule has 0 bridgehead atoms. The summed E-state index contributed by atoms with van der Waals surface area (Å²) in [6.07, 6.45) is 3.53. The van der Waals surface area contributed by atoms with Crippen LogP contribution in [0.25, 0.3) is 0 Å². The van der Waals surface area contributed by atoms with E-state index in [-0.39, 0.29) is 18.3 Å². The van der Waals surface area contributed by atoms with E-state index in [9.17, 15) is 14.3 Å². The summed E-state index contributed by atoms with van der Waals surface area (Å²) in [5.74, 6) is 1.21. The normalized spacial score (nSPS) is 16.9. The Bertz CT molecular complexity index is 929. The average molecular weight is 472 g/mol. The van der Waals surface area contributed by atoms with Gasteiger partial charge in [-0.15, -0.1) is 0 Å². The summed E-state index contributed by atoms with van der Waals surface area (Å²) in [6.45, 7) is 6.48. The van der Waals surface area contributed by atoms with E-state index in [2.05, 4.69) is 18.7 Å². The van der Waals surface area contributed by atoms with Gasteiger partial charge in [0.05, 0.1) is 19.3 Å². The third kappa shape index (κ3) is 7.43. The summed E-state index contributed by atoms with van der Waals surface area (Å²) >= 11 is 0. The van der Waals surface area contributed by atoms with E-state index in [1.54, 1.807) is 31.4 Å². The molecule has 2 aromatic rings. The van der Waals surface area contributed by atoms with Gasteiger partial charge in [-0.05, 0) is 80.4 Å². The molecule has 3 N–H and O–H groups in total. The lowest BCUT2D eigenvalue weighted by atomic mass is 9.87. The minimum absolute atomic E-state index is 0.114. The van der Waals surface area contributed by atoms with Gasteiger partial charge in [0, 0.05) is 18.3 Å². The van der Waals surface area contributed by atoms with Crippen molar-refractivity contribution in [2.75, 3.05) is 38.2 Å². The lowest BCUT2D eigenvalue weighted by Crippen LogP contribution is -2.55. The first-order valence-corrected chi connectivity index (χ1v) is 12.1. The Kier molecular flexibility index (Phi) is 8.91. The van der Waals surface area contributed by atoms with Crippen molar-refractivity contribution in [3.05, 3.63) is 59.9 Å². The Morgan fingerprint density at radius 1 is 1.24 bits per heavy atom. The number of methoxy groups -OCH3 is 1. The fourth-order valence-electron chi connectivity index (χ4n) is 5.03. The van der Waals surface area contributed by atoms with Gasteiger partial charge in [0.25, 0.3) is 0 Å². The number of halogens is 1. The number of β-amino-alcohol motifs (C(OH)–C–C–N with tert-alkyl or cyclic N) is 1. The molecule has 0 unspecified atom stereocenters. The molecule has 3 rings (SSSR count). The SMILES string of the molecule is COc1cccc(N(C[C@](O)(CC(C)C)CN2CCC(Cc3ccc(F)cc3)CC2)C(N)=O)c1. The monoisotopic (exact) mass is 471 g/mol.